The molecule has 0 amide bonds. The number of anilines is 3. The molecule has 4 aromatic carbocycles. The SMILES string of the molecule is CCN(CC)c1cc(N=C2N=C(Nc3cc(N(CC)CC)c(OC)cc3N=Nc3cc(S(=O)(=O)O)ccc3C)CCCC(SCCO)=N2)c(N=Nc2cc(S(=O)(=O)O)ccc2C)cc1OC. The van der Waals surface area contributed by atoms with Gasteiger partial charge in [-0.3, -0.25) is 9.11 Å². The number of hydrogen-bond donors (Lipinski definition) is 4. The molecule has 0 atom stereocenters. The molecular formula is C44H56N10O9S3. The number of aryl methyl sites for hydroxylation is 2. The number of methoxy groups -OCH3 is 2. The first-order valence-electron chi connectivity index (χ1n) is 21.1. The largest absolute Gasteiger partial charge is 0.494 e. The summed E-state index contributed by atoms with van der Waals surface area (Å²) in [6.07, 6.45) is 1.60. The highest BCUT2D eigenvalue weighted by Gasteiger charge is 2.21. The second-order valence-corrected chi connectivity index (χ2v) is 18.7. The van der Waals surface area contributed by atoms with Crippen molar-refractivity contribution in [3.8, 4) is 11.5 Å². The highest BCUT2D eigenvalue weighted by molar-refractivity contribution is 8.14. The molecule has 19 nitrogen and oxygen atoms in total. The fourth-order valence-electron chi connectivity index (χ4n) is 6.78. The van der Waals surface area contributed by atoms with Crippen LogP contribution >= 0.6 is 11.8 Å². The fourth-order valence-corrected chi connectivity index (χ4v) is 8.55. The van der Waals surface area contributed by atoms with Gasteiger partial charge in [-0.15, -0.1) is 22.0 Å². The highest BCUT2D eigenvalue weighted by atomic mass is 32.2. The molecule has 354 valence electrons. The van der Waals surface area contributed by atoms with Crippen LogP contribution in [0.3, 0.4) is 0 Å². The van der Waals surface area contributed by atoms with Crippen molar-refractivity contribution in [3.05, 3.63) is 71.8 Å². The molecule has 0 saturated heterocycles. The molecular weight excluding hydrogens is 909 g/mol. The number of hydrogen-bond acceptors (Lipinski definition) is 16. The van der Waals surface area contributed by atoms with Crippen LogP contribution in [0.2, 0.25) is 0 Å². The Bertz CT molecular complexity index is 2770. The molecule has 0 saturated carbocycles. The standard InChI is InChI=1S/C44H56N10O9S3/c1-9-53(10-2)38-24-34(36(26-40(38)62-7)51-49-32-22-30(65(56,57)58)18-16-28(32)5)45-42-14-13-15-43(64-21-20-55)48-44(47-42)46-35-25-39(54(11-3)12-4)41(63-8)27-37(35)52-50-33-23-31(66(59,60)61)19-17-29(33)6/h16-19,22-27,55H,9-15,20-21H2,1-8H3,(H,45,46,47)(H,56,57,58)(H,59,60,61). The number of rotatable bonds is 18. The van der Waals surface area contributed by atoms with Crippen molar-refractivity contribution in [3.63, 3.8) is 0 Å². The Morgan fingerprint density at radius 2 is 1.17 bits per heavy atom. The van der Waals surface area contributed by atoms with Crippen LogP contribution in [0, 0.1) is 13.8 Å². The number of aliphatic hydroxyl groups is 1. The summed E-state index contributed by atoms with van der Waals surface area (Å²) in [5.41, 5.74) is 4.51. The molecule has 0 fully saturated rings. The third kappa shape index (κ3) is 13.2. The lowest BCUT2D eigenvalue weighted by Gasteiger charge is -2.25. The molecule has 1 heterocycles. The van der Waals surface area contributed by atoms with Gasteiger partial charge in [0.05, 0.1) is 69.8 Å². The Morgan fingerprint density at radius 1 is 0.667 bits per heavy atom. The number of aliphatic hydroxyl groups excluding tert-OH is 1. The number of benzene rings is 4. The Labute approximate surface area is 390 Å². The minimum atomic E-state index is -4.52. The molecule has 4 aromatic rings. The van der Waals surface area contributed by atoms with E-state index in [2.05, 4.69) is 35.6 Å². The van der Waals surface area contributed by atoms with Crippen molar-refractivity contribution in [2.75, 3.05) is 67.9 Å². The molecule has 22 heteroatoms. The van der Waals surface area contributed by atoms with E-state index in [1.54, 1.807) is 39.2 Å². The van der Waals surface area contributed by atoms with Gasteiger partial charge in [-0.05, 0) is 102 Å². The number of aliphatic imine (C=N–C) groups is 3. The minimum absolute atomic E-state index is 0.0487. The summed E-state index contributed by atoms with van der Waals surface area (Å²) in [5, 5.41) is 31.8. The lowest BCUT2D eigenvalue weighted by atomic mass is 10.1. The van der Waals surface area contributed by atoms with E-state index < -0.39 is 20.2 Å². The molecule has 1 aliphatic rings. The highest BCUT2D eigenvalue weighted by Crippen LogP contribution is 2.43. The summed E-state index contributed by atoms with van der Waals surface area (Å²) in [5.74, 6) is 1.92. The van der Waals surface area contributed by atoms with Crippen molar-refractivity contribution >= 4 is 94.3 Å². The summed E-state index contributed by atoms with van der Waals surface area (Å²) in [6, 6.07) is 15.1. The average molecular weight is 965 g/mol. The molecule has 0 bridgehead atoms. The molecule has 0 radical (unpaired) electrons. The zero-order valence-corrected chi connectivity index (χ0v) is 40.6. The van der Waals surface area contributed by atoms with E-state index in [4.69, 9.17) is 24.5 Å². The summed E-state index contributed by atoms with van der Waals surface area (Å²) < 4.78 is 79.1. The van der Waals surface area contributed by atoms with E-state index >= 15 is 0 Å². The third-order valence-corrected chi connectivity index (χ3v) is 13.1. The topological polar surface area (TPSA) is 252 Å². The number of thioether (sulfide) groups is 1. The molecule has 1 aliphatic heterocycles. The van der Waals surface area contributed by atoms with Gasteiger partial charge in [0.1, 0.15) is 28.7 Å². The number of guanidine groups is 1. The molecule has 5 rings (SSSR count). The average Bonchev–Trinajstić information content (AvgIpc) is 3.27. The number of azo groups is 2. The summed E-state index contributed by atoms with van der Waals surface area (Å²) >= 11 is 1.39. The van der Waals surface area contributed by atoms with Crippen LogP contribution in [0.25, 0.3) is 0 Å². The van der Waals surface area contributed by atoms with Crippen LogP contribution in [-0.4, -0.2) is 101 Å². The molecule has 0 spiro atoms. The Balaban J connectivity index is 1.74. The zero-order valence-electron chi connectivity index (χ0n) is 38.2. The van der Waals surface area contributed by atoms with E-state index in [1.165, 1.54) is 55.3 Å². The Kier molecular flexibility index (Phi) is 17.9. The molecule has 66 heavy (non-hydrogen) atoms. The maximum Gasteiger partial charge on any atom is 0.294 e. The van der Waals surface area contributed by atoms with Crippen molar-refractivity contribution in [2.45, 2.75) is 70.6 Å². The molecule has 0 aromatic heterocycles. The Morgan fingerprint density at radius 3 is 1.67 bits per heavy atom. The van der Waals surface area contributed by atoms with Crippen molar-refractivity contribution < 1.29 is 40.5 Å². The van der Waals surface area contributed by atoms with Crippen molar-refractivity contribution in [1.82, 2.24) is 0 Å². The quantitative estimate of drug-likeness (QED) is 0.0535. The molecule has 0 unspecified atom stereocenters. The second-order valence-electron chi connectivity index (χ2n) is 14.7. The maximum atomic E-state index is 12.0. The monoisotopic (exact) mass is 964 g/mol. The van der Waals surface area contributed by atoms with Gasteiger partial charge >= 0.3 is 0 Å². The van der Waals surface area contributed by atoms with Crippen LogP contribution < -0.4 is 24.6 Å². The lowest BCUT2D eigenvalue weighted by Crippen LogP contribution is -2.23. The number of nitrogens with one attached hydrogen (secondary N) is 1. The van der Waals surface area contributed by atoms with E-state index in [0.717, 1.165) is 5.69 Å². The fraction of sp³-hybridized carbons (Fsp3) is 0.386. The van der Waals surface area contributed by atoms with Gasteiger partial charge in [-0.1, -0.05) is 12.1 Å². The number of amidine groups is 1. The van der Waals surface area contributed by atoms with Crippen LogP contribution in [0.4, 0.5) is 45.5 Å². The van der Waals surface area contributed by atoms with Crippen molar-refractivity contribution in [1.29, 1.82) is 0 Å². The first-order valence-corrected chi connectivity index (χ1v) is 25.0. The summed E-state index contributed by atoms with van der Waals surface area (Å²) in [6.45, 7) is 14.1. The normalized spacial score (nSPS) is 14.3. The Hall–Kier alpha value is -5.78. The van der Waals surface area contributed by atoms with Crippen LogP contribution in [0.15, 0.2) is 106 Å². The van der Waals surface area contributed by atoms with Gasteiger partial charge in [0.15, 0.2) is 0 Å². The number of ether oxygens (including phenoxy) is 2. The smallest absolute Gasteiger partial charge is 0.294 e. The lowest BCUT2D eigenvalue weighted by molar-refractivity contribution is 0.323. The summed E-state index contributed by atoms with van der Waals surface area (Å²) in [7, 11) is -5.94. The van der Waals surface area contributed by atoms with Gasteiger partial charge in [0.25, 0.3) is 26.2 Å². The van der Waals surface area contributed by atoms with Gasteiger partial charge < -0.3 is 29.7 Å². The predicted molar refractivity (Wildman–Crippen MR) is 262 cm³/mol. The van der Waals surface area contributed by atoms with Crippen LogP contribution in [0.5, 0.6) is 11.5 Å². The predicted octanol–water partition coefficient (Wildman–Crippen LogP) is 10.1. The second kappa shape index (κ2) is 23.1. The van der Waals surface area contributed by atoms with Gasteiger partial charge in [0.2, 0.25) is 0 Å². The number of nitrogens with zero attached hydrogens (tertiary/aromatic N) is 9. The van der Waals surface area contributed by atoms with Gasteiger partial charge in [-0.25, -0.2) is 9.98 Å². The van der Waals surface area contributed by atoms with E-state index in [9.17, 15) is 31.0 Å². The molecule has 0 aliphatic carbocycles. The van der Waals surface area contributed by atoms with E-state index in [1.807, 2.05) is 33.8 Å². The van der Waals surface area contributed by atoms with E-state index in [0.29, 0.717) is 107 Å². The van der Waals surface area contributed by atoms with Gasteiger partial charge in [-0.2, -0.15) is 32.1 Å². The van der Waals surface area contributed by atoms with Crippen LogP contribution in [0.1, 0.15) is 58.1 Å². The zero-order chi connectivity index (χ0) is 48.2. The van der Waals surface area contributed by atoms with Gasteiger partial charge in [0, 0.05) is 50.5 Å². The first kappa shape index (κ1) is 51.2. The van der Waals surface area contributed by atoms with E-state index in [-0.39, 0.29) is 39.4 Å². The third-order valence-electron chi connectivity index (χ3n) is 10.4. The maximum absolute atomic E-state index is 12.0. The molecule has 4 N–H and O–H groups in total. The van der Waals surface area contributed by atoms with Crippen LogP contribution in [-0.2, 0) is 20.2 Å². The first-order chi connectivity index (χ1) is 31.5. The summed E-state index contributed by atoms with van der Waals surface area (Å²) in [4.78, 5) is 18.4. The minimum Gasteiger partial charge on any atom is -0.494 e. The van der Waals surface area contributed by atoms with Crippen molar-refractivity contribution in [2.24, 2.45) is 35.4 Å².